The Morgan fingerprint density at radius 1 is 1.08 bits per heavy atom. The number of benzene rings is 1. The van der Waals surface area contributed by atoms with Gasteiger partial charge in [-0.15, -0.1) is 0 Å². The topological polar surface area (TPSA) is 38.7 Å². The lowest BCUT2D eigenvalue weighted by Gasteiger charge is -2.37. The van der Waals surface area contributed by atoms with Gasteiger partial charge in [0.15, 0.2) is 7.28 Å². The number of unbranched alkanes of at least 4 members (excludes halogenated alkanes) is 1. The van der Waals surface area contributed by atoms with E-state index in [-0.39, 0.29) is 0 Å². The van der Waals surface area contributed by atoms with E-state index in [9.17, 15) is 5.11 Å². The predicted octanol–water partition coefficient (Wildman–Crippen LogP) is 4.13. The average Bonchev–Trinajstić information content (AvgIpc) is 2.55. The standard InChI is InChI=1S/C21H36BO3/c1-7-9-10-17(8-2)15-24-19-13-11-18(12-14-19)22-16-25-21(5,6)20(3,4)23/h11-14,17,23H,7-10,15-16H2,1-6H3. The van der Waals surface area contributed by atoms with Crippen LogP contribution in [0.4, 0.5) is 0 Å². The zero-order valence-corrected chi connectivity index (χ0v) is 17.0. The predicted molar refractivity (Wildman–Crippen MR) is 107 cm³/mol. The van der Waals surface area contributed by atoms with Crippen LogP contribution in [0.5, 0.6) is 5.75 Å². The number of hydrogen-bond acceptors (Lipinski definition) is 3. The maximum absolute atomic E-state index is 10.1. The van der Waals surface area contributed by atoms with Crippen LogP contribution in [0, 0.1) is 5.92 Å². The quantitative estimate of drug-likeness (QED) is 0.578. The second-order valence-corrected chi connectivity index (χ2v) is 7.88. The molecule has 0 heterocycles. The first-order valence-corrected chi connectivity index (χ1v) is 9.62. The van der Waals surface area contributed by atoms with Gasteiger partial charge < -0.3 is 14.6 Å². The van der Waals surface area contributed by atoms with Crippen molar-refractivity contribution in [2.45, 2.75) is 78.4 Å². The van der Waals surface area contributed by atoms with Gasteiger partial charge in [0.05, 0.1) is 17.8 Å². The summed E-state index contributed by atoms with van der Waals surface area (Å²) in [4.78, 5) is 0. The summed E-state index contributed by atoms with van der Waals surface area (Å²) in [5, 5.41) is 10.1. The minimum absolute atomic E-state index is 0.464. The molecule has 0 spiro atoms. The van der Waals surface area contributed by atoms with Crippen LogP contribution in [0.1, 0.15) is 67.2 Å². The normalized spacial score (nSPS) is 13.6. The molecule has 0 aliphatic rings. The molecule has 1 unspecified atom stereocenters. The molecule has 0 saturated carbocycles. The van der Waals surface area contributed by atoms with Gasteiger partial charge in [-0.3, -0.25) is 0 Å². The molecule has 0 saturated heterocycles. The van der Waals surface area contributed by atoms with Crippen LogP contribution in [0.3, 0.4) is 0 Å². The van der Waals surface area contributed by atoms with E-state index in [1.807, 2.05) is 45.4 Å². The minimum atomic E-state index is -0.883. The van der Waals surface area contributed by atoms with Crippen molar-refractivity contribution in [2.75, 3.05) is 13.1 Å². The summed E-state index contributed by atoms with van der Waals surface area (Å²) in [7, 11) is 2.02. The molecule has 1 aromatic rings. The van der Waals surface area contributed by atoms with Gasteiger partial charge in [0, 0.05) is 6.51 Å². The Balaban J connectivity index is 2.41. The van der Waals surface area contributed by atoms with E-state index in [0.29, 0.717) is 12.4 Å². The highest BCUT2D eigenvalue weighted by Crippen LogP contribution is 2.24. The fraction of sp³-hybridized carbons (Fsp3) is 0.714. The third-order valence-corrected chi connectivity index (χ3v) is 5.15. The molecule has 1 N–H and O–H groups in total. The largest absolute Gasteiger partial charge is 0.493 e. The van der Waals surface area contributed by atoms with Crippen LogP contribution in [0.25, 0.3) is 0 Å². The molecule has 1 radical (unpaired) electrons. The molecule has 0 bridgehead atoms. The van der Waals surface area contributed by atoms with Crippen molar-refractivity contribution in [3.05, 3.63) is 24.3 Å². The summed E-state index contributed by atoms with van der Waals surface area (Å²) < 4.78 is 11.8. The maximum atomic E-state index is 10.1. The number of rotatable bonds is 12. The molecule has 141 valence electrons. The lowest BCUT2D eigenvalue weighted by molar-refractivity contribution is -0.135. The Morgan fingerprint density at radius 2 is 1.72 bits per heavy atom. The molecular formula is C21H36BO3. The van der Waals surface area contributed by atoms with Crippen LogP contribution in [0.15, 0.2) is 24.3 Å². The Labute approximate surface area is 155 Å². The molecule has 0 aliphatic carbocycles. The zero-order chi connectivity index (χ0) is 18.9. The van der Waals surface area contributed by atoms with Crippen molar-refractivity contribution >= 4 is 12.7 Å². The van der Waals surface area contributed by atoms with E-state index in [1.165, 1.54) is 25.7 Å². The fourth-order valence-electron chi connectivity index (χ4n) is 2.34. The summed E-state index contributed by atoms with van der Waals surface area (Å²) >= 11 is 0. The first-order valence-electron chi connectivity index (χ1n) is 9.62. The Morgan fingerprint density at radius 3 is 2.24 bits per heavy atom. The van der Waals surface area contributed by atoms with E-state index in [2.05, 4.69) is 13.8 Å². The van der Waals surface area contributed by atoms with Gasteiger partial charge in [-0.05, 0) is 52.2 Å². The number of aliphatic hydroxyl groups is 1. The highest BCUT2D eigenvalue weighted by atomic mass is 16.5. The Kier molecular flexibility index (Phi) is 9.02. The summed E-state index contributed by atoms with van der Waals surface area (Å²) in [5.41, 5.74) is -0.385. The summed E-state index contributed by atoms with van der Waals surface area (Å²) in [6, 6.07) is 8.12. The molecule has 1 aromatic carbocycles. The molecule has 3 nitrogen and oxygen atoms in total. The monoisotopic (exact) mass is 347 g/mol. The van der Waals surface area contributed by atoms with Crippen molar-refractivity contribution in [3.8, 4) is 5.75 Å². The SMILES string of the molecule is CCCCC(CC)COc1ccc([B]COC(C)(C)C(C)(C)O)cc1. The van der Waals surface area contributed by atoms with Crippen molar-refractivity contribution in [1.29, 1.82) is 0 Å². The van der Waals surface area contributed by atoms with Crippen molar-refractivity contribution in [2.24, 2.45) is 5.92 Å². The van der Waals surface area contributed by atoms with Crippen LogP contribution in [-0.4, -0.2) is 36.7 Å². The highest BCUT2D eigenvalue weighted by Gasteiger charge is 2.35. The van der Waals surface area contributed by atoms with Crippen molar-refractivity contribution < 1.29 is 14.6 Å². The van der Waals surface area contributed by atoms with Gasteiger partial charge in [0.2, 0.25) is 0 Å². The van der Waals surface area contributed by atoms with Gasteiger partial charge in [0.1, 0.15) is 5.75 Å². The van der Waals surface area contributed by atoms with Gasteiger partial charge in [0.25, 0.3) is 0 Å². The Bertz CT molecular complexity index is 477. The lowest BCUT2D eigenvalue weighted by Crippen LogP contribution is -2.48. The van der Waals surface area contributed by atoms with Crippen LogP contribution < -0.4 is 10.2 Å². The summed E-state index contributed by atoms with van der Waals surface area (Å²) in [6.07, 6.45) is 4.93. The molecule has 1 atom stereocenters. The third kappa shape index (κ3) is 7.83. The van der Waals surface area contributed by atoms with E-state index in [0.717, 1.165) is 17.8 Å². The fourth-order valence-corrected chi connectivity index (χ4v) is 2.34. The van der Waals surface area contributed by atoms with Crippen LogP contribution in [0.2, 0.25) is 0 Å². The maximum Gasteiger partial charge on any atom is 0.185 e. The highest BCUT2D eigenvalue weighted by molar-refractivity contribution is 6.53. The number of ether oxygens (including phenoxy) is 2. The minimum Gasteiger partial charge on any atom is -0.493 e. The van der Waals surface area contributed by atoms with E-state index in [4.69, 9.17) is 9.47 Å². The molecule has 0 amide bonds. The molecule has 0 fully saturated rings. The first kappa shape index (κ1) is 22.0. The zero-order valence-electron chi connectivity index (χ0n) is 17.0. The van der Waals surface area contributed by atoms with Crippen LogP contribution >= 0.6 is 0 Å². The van der Waals surface area contributed by atoms with Gasteiger partial charge >= 0.3 is 0 Å². The number of hydrogen-bond donors (Lipinski definition) is 1. The molecule has 25 heavy (non-hydrogen) atoms. The van der Waals surface area contributed by atoms with Gasteiger partial charge in [-0.25, -0.2) is 0 Å². The second kappa shape index (κ2) is 10.2. The van der Waals surface area contributed by atoms with E-state index < -0.39 is 11.2 Å². The van der Waals surface area contributed by atoms with Crippen molar-refractivity contribution in [1.82, 2.24) is 0 Å². The van der Waals surface area contributed by atoms with Gasteiger partial charge in [-0.2, -0.15) is 0 Å². The lowest BCUT2D eigenvalue weighted by atomic mass is 9.71. The van der Waals surface area contributed by atoms with E-state index in [1.54, 1.807) is 13.8 Å². The molecule has 4 heteroatoms. The first-order chi connectivity index (χ1) is 11.7. The molecular weight excluding hydrogens is 311 g/mol. The Hall–Kier alpha value is -0.995. The average molecular weight is 347 g/mol. The van der Waals surface area contributed by atoms with Crippen molar-refractivity contribution in [3.63, 3.8) is 0 Å². The van der Waals surface area contributed by atoms with Crippen LogP contribution in [-0.2, 0) is 4.74 Å². The van der Waals surface area contributed by atoms with E-state index >= 15 is 0 Å². The molecule has 1 rings (SSSR count). The van der Waals surface area contributed by atoms with Gasteiger partial charge in [-0.1, -0.05) is 50.7 Å². The summed E-state index contributed by atoms with van der Waals surface area (Å²) in [6.45, 7) is 13.1. The summed E-state index contributed by atoms with van der Waals surface area (Å²) in [5.74, 6) is 1.56. The molecule has 0 aromatic heterocycles. The smallest absolute Gasteiger partial charge is 0.185 e. The molecule has 0 aliphatic heterocycles. The second-order valence-electron chi connectivity index (χ2n) is 7.88. The third-order valence-electron chi connectivity index (χ3n) is 5.15.